The fraction of sp³-hybridized carbons (Fsp3) is 0.533. The summed E-state index contributed by atoms with van der Waals surface area (Å²) in [7, 11) is 0. The lowest BCUT2D eigenvalue weighted by molar-refractivity contribution is -0.134. The summed E-state index contributed by atoms with van der Waals surface area (Å²) in [5, 5.41) is 0. The number of unbranched alkanes of at least 4 members (excludes halogenated alkanes) is 2. The minimum Gasteiger partial charge on any atom is -0.426 e. The Morgan fingerprint density at radius 2 is 1.82 bits per heavy atom. The molecule has 0 saturated carbocycles. The lowest BCUT2D eigenvalue weighted by Gasteiger charge is -2.09. The molecule has 0 heterocycles. The molecule has 17 heavy (non-hydrogen) atoms. The summed E-state index contributed by atoms with van der Waals surface area (Å²) in [5.41, 5.74) is 1.14. The summed E-state index contributed by atoms with van der Waals surface area (Å²) in [4.78, 5) is 11.6. The second-order valence-corrected chi connectivity index (χ2v) is 4.29. The Bertz CT molecular complexity index is 345. The number of hydrogen-bond donors (Lipinski definition) is 0. The molecule has 0 spiro atoms. The van der Waals surface area contributed by atoms with E-state index in [0.29, 0.717) is 6.42 Å². The predicted octanol–water partition coefficient (Wildman–Crippen LogP) is 4.12. The zero-order valence-corrected chi connectivity index (χ0v) is 10.9. The molecule has 0 unspecified atom stereocenters. The lowest BCUT2D eigenvalue weighted by atomic mass is 10.1. The average molecular weight is 234 g/mol. The lowest BCUT2D eigenvalue weighted by Crippen LogP contribution is -2.08. The Morgan fingerprint density at radius 1 is 1.12 bits per heavy atom. The topological polar surface area (TPSA) is 26.3 Å². The molecule has 0 aromatic heterocycles. The molecule has 0 N–H and O–H groups in total. The molecule has 2 heteroatoms. The van der Waals surface area contributed by atoms with Gasteiger partial charge in [0, 0.05) is 6.42 Å². The molecule has 0 fully saturated rings. The minimum atomic E-state index is -0.115. The summed E-state index contributed by atoms with van der Waals surface area (Å²) < 4.78 is 5.41. The van der Waals surface area contributed by atoms with Gasteiger partial charge in [0.05, 0.1) is 0 Å². The van der Waals surface area contributed by atoms with Crippen LogP contribution < -0.4 is 4.74 Å². The molecule has 0 radical (unpaired) electrons. The van der Waals surface area contributed by atoms with Crippen molar-refractivity contribution in [3.8, 4) is 5.75 Å². The van der Waals surface area contributed by atoms with Crippen LogP contribution in [0.2, 0.25) is 0 Å². The van der Waals surface area contributed by atoms with Crippen molar-refractivity contribution in [2.24, 2.45) is 0 Å². The summed E-state index contributed by atoms with van der Waals surface area (Å²) in [6.45, 7) is 4.23. The van der Waals surface area contributed by atoms with E-state index < -0.39 is 0 Å². The van der Waals surface area contributed by atoms with Gasteiger partial charge in [0.1, 0.15) is 5.75 Å². The number of benzene rings is 1. The fourth-order valence-electron chi connectivity index (χ4n) is 1.67. The molecule has 0 atom stereocenters. The summed E-state index contributed by atoms with van der Waals surface area (Å²) in [5.74, 6) is 0.623. The number of hydrogen-bond acceptors (Lipinski definition) is 2. The molecule has 0 aliphatic carbocycles. The van der Waals surface area contributed by atoms with Crippen LogP contribution in [0.5, 0.6) is 5.75 Å². The van der Waals surface area contributed by atoms with Gasteiger partial charge in [0.2, 0.25) is 0 Å². The largest absolute Gasteiger partial charge is 0.426 e. The van der Waals surface area contributed by atoms with Crippen LogP contribution in [0.4, 0.5) is 0 Å². The average Bonchev–Trinajstić information content (AvgIpc) is 2.35. The van der Waals surface area contributed by atoms with Gasteiger partial charge in [-0.15, -0.1) is 0 Å². The molecular formula is C15H22O2. The van der Waals surface area contributed by atoms with Crippen molar-refractivity contribution in [2.45, 2.75) is 52.4 Å². The highest BCUT2D eigenvalue weighted by atomic mass is 16.5. The third-order valence-corrected chi connectivity index (χ3v) is 2.73. The number of esters is 1. The van der Waals surface area contributed by atoms with E-state index in [2.05, 4.69) is 13.8 Å². The highest BCUT2D eigenvalue weighted by molar-refractivity contribution is 5.72. The molecule has 1 aromatic rings. The quantitative estimate of drug-likeness (QED) is 0.524. The SMILES string of the molecule is CCCCC(=O)Oc1ccccc1CCCC. The van der Waals surface area contributed by atoms with Gasteiger partial charge in [-0.25, -0.2) is 0 Å². The maximum Gasteiger partial charge on any atom is 0.311 e. The normalized spacial score (nSPS) is 10.2. The Labute approximate surface area is 104 Å². The van der Waals surface area contributed by atoms with Gasteiger partial charge in [0.25, 0.3) is 0 Å². The number of para-hydroxylation sites is 1. The Balaban J connectivity index is 2.59. The van der Waals surface area contributed by atoms with E-state index in [1.54, 1.807) is 0 Å². The minimum absolute atomic E-state index is 0.115. The summed E-state index contributed by atoms with van der Waals surface area (Å²) >= 11 is 0. The number of rotatable bonds is 7. The monoisotopic (exact) mass is 234 g/mol. The first-order valence-electron chi connectivity index (χ1n) is 6.56. The van der Waals surface area contributed by atoms with Crippen molar-refractivity contribution >= 4 is 5.97 Å². The van der Waals surface area contributed by atoms with Gasteiger partial charge in [-0.05, 0) is 30.9 Å². The molecule has 0 aliphatic heterocycles. The highest BCUT2D eigenvalue weighted by Crippen LogP contribution is 2.20. The molecule has 1 aromatic carbocycles. The maximum atomic E-state index is 11.6. The van der Waals surface area contributed by atoms with Crippen molar-refractivity contribution in [3.05, 3.63) is 29.8 Å². The van der Waals surface area contributed by atoms with Crippen LogP contribution in [0.3, 0.4) is 0 Å². The van der Waals surface area contributed by atoms with Crippen LogP contribution in [0, 0.1) is 0 Å². The van der Waals surface area contributed by atoms with E-state index >= 15 is 0 Å². The molecule has 0 amide bonds. The van der Waals surface area contributed by atoms with Crippen LogP contribution in [0.25, 0.3) is 0 Å². The third-order valence-electron chi connectivity index (χ3n) is 2.73. The van der Waals surface area contributed by atoms with Crippen molar-refractivity contribution in [1.82, 2.24) is 0 Å². The smallest absolute Gasteiger partial charge is 0.311 e. The van der Waals surface area contributed by atoms with Crippen molar-refractivity contribution < 1.29 is 9.53 Å². The standard InChI is InChI=1S/C15H22O2/c1-3-5-9-13-10-7-8-11-14(13)17-15(16)12-6-4-2/h7-8,10-11H,3-6,9,12H2,1-2H3. The summed E-state index contributed by atoms with van der Waals surface area (Å²) in [6.07, 6.45) is 5.69. The van der Waals surface area contributed by atoms with Crippen LogP contribution in [0.1, 0.15) is 51.5 Å². The van der Waals surface area contributed by atoms with Gasteiger partial charge >= 0.3 is 5.97 Å². The van der Waals surface area contributed by atoms with E-state index in [-0.39, 0.29) is 5.97 Å². The molecule has 0 bridgehead atoms. The Morgan fingerprint density at radius 3 is 2.53 bits per heavy atom. The second-order valence-electron chi connectivity index (χ2n) is 4.29. The number of aryl methyl sites for hydroxylation is 1. The van der Waals surface area contributed by atoms with E-state index in [9.17, 15) is 4.79 Å². The molecule has 0 saturated heterocycles. The van der Waals surface area contributed by atoms with Crippen molar-refractivity contribution in [2.75, 3.05) is 0 Å². The van der Waals surface area contributed by atoms with E-state index in [0.717, 1.165) is 43.4 Å². The molecule has 1 rings (SSSR count). The van der Waals surface area contributed by atoms with Gasteiger partial charge in [-0.2, -0.15) is 0 Å². The first-order valence-corrected chi connectivity index (χ1v) is 6.56. The predicted molar refractivity (Wildman–Crippen MR) is 70.2 cm³/mol. The van der Waals surface area contributed by atoms with Gasteiger partial charge < -0.3 is 4.74 Å². The first kappa shape index (κ1) is 13.8. The maximum absolute atomic E-state index is 11.6. The Hall–Kier alpha value is -1.31. The van der Waals surface area contributed by atoms with Crippen LogP contribution in [0.15, 0.2) is 24.3 Å². The molecule has 2 nitrogen and oxygen atoms in total. The summed E-state index contributed by atoms with van der Waals surface area (Å²) in [6, 6.07) is 7.83. The fourth-order valence-corrected chi connectivity index (χ4v) is 1.67. The van der Waals surface area contributed by atoms with Gasteiger partial charge in [0.15, 0.2) is 0 Å². The van der Waals surface area contributed by atoms with Crippen LogP contribution in [-0.4, -0.2) is 5.97 Å². The second kappa shape index (κ2) is 7.88. The first-order chi connectivity index (χ1) is 8.27. The third kappa shape index (κ3) is 5.03. The van der Waals surface area contributed by atoms with Gasteiger partial charge in [-0.3, -0.25) is 4.79 Å². The number of ether oxygens (including phenoxy) is 1. The Kier molecular flexibility index (Phi) is 6.38. The van der Waals surface area contributed by atoms with Crippen LogP contribution in [-0.2, 0) is 11.2 Å². The molecular weight excluding hydrogens is 212 g/mol. The van der Waals surface area contributed by atoms with Crippen LogP contribution >= 0.6 is 0 Å². The van der Waals surface area contributed by atoms with Crippen molar-refractivity contribution in [1.29, 1.82) is 0 Å². The van der Waals surface area contributed by atoms with E-state index in [1.807, 2.05) is 24.3 Å². The molecule has 94 valence electrons. The molecule has 0 aliphatic rings. The number of carbonyl (C=O) groups is 1. The number of carbonyl (C=O) groups excluding carboxylic acids is 1. The van der Waals surface area contributed by atoms with Crippen molar-refractivity contribution in [3.63, 3.8) is 0 Å². The highest BCUT2D eigenvalue weighted by Gasteiger charge is 2.07. The zero-order chi connectivity index (χ0) is 12.5. The van der Waals surface area contributed by atoms with Gasteiger partial charge in [-0.1, -0.05) is 44.9 Å². The van der Waals surface area contributed by atoms with E-state index in [4.69, 9.17) is 4.74 Å². The zero-order valence-electron chi connectivity index (χ0n) is 10.9. The van der Waals surface area contributed by atoms with E-state index in [1.165, 1.54) is 0 Å².